The second kappa shape index (κ2) is 5.67. The molecule has 0 radical (unpaired) electrons. The van der Waals surface area contributed by atoms with Gasteiger partial charge in [0.15, 0.2) is 0 Å². The van der Waals surface area contributed by atoms with Crippen molar-refractivity contribution >= 4 is 0 Å². The van der Waals surface area contributed by atoms with E-state index in [-0.39, 0.29) is 0 Å². The average molecular weight is 237 g/mol. The van der Waals surface area contributed by atoms with Gasteiger partial charge >= 0.3 is 0 Å². The number of likely N-dealkylation sites (N-methyl/N-ethyl adjacent to an activating group) is 1. The second-order valence-corrected chi connectivity index (χ2v) is 4.90. The Labute approximate surface area is 104 Å². The molecule has 1 aromatic heterocycles. The molecule has 4 nitrogen and oxygen atoms in total. The van der Waals surface area contributed by atoms with E-state index in [1.165, 1.54) is 5.56 Å². The van der Waals surface area contributed by atoms with Gasteiger partial charge < -0.3 is 14.6 Å². The second-order valence-electron chi connectivity index (χ2n) is 4.90. The summed E-state index contributed by atoms with van der Waals surface area (Å²) in [6.07, 6.45) is 0. The Bertz CT molecular complexity index is 354. The van der Waals surface area contributed by atoms with Crippen LogP contribution < -0.4 is 5.32 Å². The van der Waals surface area contributed by atoms with Gasteiger partial charge in [-0.3, -0.25) is 4.90 Å². The highest BCUT2D eigenvalue weighted by Crippen LogP contribution is 2.16. The smallest absolute Gasteiger partial charge is 0.118 e. The van der Waals surface area contributed by atoms with Crippen LogP contribution >= 0.6 is 0 Å². The Morgan fingerprint density at radius 1 is 1.29 bits per heavy atom. The van der Waals surface area contributed by atoms with Crippen molar-refractivity contribution in [2.75, 3.05) is 40.3 Å². The summed E-state index contributed by atoms with van der Waals surface area (Å²) >= 11 is 0. The first-order valence-electron chi connectivity index (χ1n) is 6.32. The highest BCUT2D eigenvalue weighted by molar-refractivity contribution is 5.20. The standard InChI is InChI=1S/C13H23N3O/c1-11-12(9-14-2)8-13(17-11)10-16-6-4-15(3)5-7-16/h8,14H,4-7,9-10H2,1-3H3. The Morgan fingerprint density at radius 3 is 2.65 bits per heavy atom. The topological polar surface area (TPSA) is 31.6 Å². The first kappa shape index (κ1) is 12.6. The largest absolute Gasteiger partial charge is 0.465 e. The molecule has 17 heavy (non-hydrogen) atoms. The number of aryl methyl sites for hydroxylation is 1. The van der Waals surface area contributed by atoms with Crippen molar-refractivity contribution in [2.24, 2.45) is 0 Å². The number of nitrogens with one attached hydrogen (secondary N) is 1. The number of hydrogen-bond acceptors (Lipinski definition) is 4. The quantitative estimate of drug-likeness (QED) is 0.848. The van der Waals surface area contributed by atoms with Crippen LogP contribution in [0.4, 0.5) is 0 Å². The SMILES string of the molecule is CNCc1cc(CN2CCN(C)CC2)oc1C. The summed E-state index contributed by atoms with van der Waals surface area (Å²) in [5.41, 5.74) is 1.27. The molecule has 0 aromatic carbocycles. The van der Waals surface area contributed by atoms with Crippen LogP contribution in [0, 0.1) is 6.92 Å². The molecule has 0 amide bonds. The first-order valence-corrected chi connectivity index (χ1v) is 6.32. The van der Waals surface area contributed by atoms with Crippen LogP contribution in [0.15, 0.2) is 10.5 Å². The third kappa shape index (κ3) is 3.31. The molecule has 0 unspecified atom stereocenters. The Hall–Kier alpha value is -0.840. The minimum absolute atomic E-state index is 0.887. The molecule has 1 aromatic rings. The highest BCUT2D eigenvalue weighted by atomic mass is 16.3. The maximum atomic E-state index is 5.80. The van der Waals surface area contributed by atoms with Crippen LogP contribution in [0.1, 0.15) is 17.1 Å². The molecule has 0 aliphatic carbocycles. The van der Waals surface area contributed by atoms with E-state index in [1.54, 1.807) is 0 Å². The summed E-state index contributed by atoms with van der Waals surface area (Å²) in [5.74, 6) is 2.14. The Kier molecular flexibility index (Phi) is 4.20. The summed E-state index contributed by atoms with van der Waals surface area (Å²) in [6, 6.07) is 2.18. The molecule has 96 valence electrons. The van der Waals surface area contributed by atoms with Crippen molar-refractivity contribution in [3.63, 3.8) is 0 Å². The average Bonchev–Trinajstić information content (AvgIpc) is 2.63. The zero-order chi connectivity index (χ0) is 12.3. The van der Waals surface area contributed by atoms with Gasteiger partial charge in [0.2, 0.25) is 0 Å². The van der Waals surface area contributed by atoms with E-state index in [2.05, 4.69) is 28.2 Å². The zero-order valence-electron chi connectivity index (χ0n) is 11.1. The maximum absolute atomic E-state index is 5.80. The fourth-order valence-electron chi connectivity index (χ4n) is 2.26. The molecular formula is C13H23N3O. The lowest BCUT2D eigenvalue weighted by molar-refractivity contribution is 0.140. The third-order valence-electron chi connectivity index (χ3n) is 3.41. The fraction of sp³-hybridized carbons (Fsp3) is 0.692. The highest BCUT2D eigenvalue weighted by Gasteiger charge is 2.16. The van der Waals surface area contributed by atoms with Gasteiger partial charge in [-0.2, -0.15) is 0 Å². The molecule has 1 fully saturated rings. The predicted molar refractivity (Wildman–Crippen MR) is 69.0 cm³/mol. The number of hydrogen-bond donors (Lipinski definition) is 1. The predicted octanol–water partition coefficient (Wildman–Crippen LogP) is 1.05. The molecular weight excluding hydrogens is 214 g/mol. The molecule has 0 spiro atoms. The molecule has 4 heteroatoms. The Morgan fingerprint density at radius 2 is 2.00 bits per heavy atom. The maximum Gasteiger partial charge on any atom is 0.118 e. The van der Waals surface area contributed by atoms with Gasteiger partial charge in [-0.05, 0) is 27.1 Å². The zero-order valence-corrected chi connectivity index (χ0v) is 11.1. The normalized spacial score (nSPS) is 18.8. The molecule has 1 aliphatic heterocycles. The van der Waals surface area contributed by atoms with E-state index in [9.17, 15) is 0 Å². The van der Waals surface area contributed by atoms with Crippen molar-refractivity contribution in [2.45, 2.75) is 20.0 Å². The lowest BCUT2D eigenvalue weighted by atomic mass is 10.2. The molecule has 0 atom stereocenters. The van der Waals surface area contributed by atoms with E-state index in [0.29, 0.717) is 0 Å². The fourth-order valence-corrected chi connectivity index (χ4v) is 2.26. The van der Waals surface area contributed by atoms with E-state index in [0.717, 1.165) is 50.8 Å². The monoisotopic (exact) mass is 237 g/mol. The molecule has 1 saturated heterocycles. The number of furan rings is 1. The van der Waals surface area contributed by atoms with Crippen LogP contribution in [0.25, 0.3) is 0 Å². The van der Waals surface area contributed by atoms with E-state index < -0.39 is 0 Å². The van der Waals surface area contributed by atoms with Gasteiger partial charge in [0.25, 0.3) is 0 Å². The summed E-state index contributed by atoms with van der Waals surface area (Å²) < 4.78 is 5.80. The van der Waals surface area contributed by atoms with Crippen molar-refractivity contribution in [3.05, 3.63) is 23.2 Å². The van der Waals surface area contributed by atoms with Gasteiger partial charge in [-0.1, -0.05) is 0 Å². The molecule has 1 aliphatic rings. The van der Waals surface area contributed by atoms with Gasteiger partial charge in [0.1, 0.15) is 11.5 Å². The van der Waals surface area contributed by atoms with Crippen LogP contribution in [0.5, 0.6) is 0 Å². The molecule has 2 rings (SSSR count). The number of piperazine rings is 1. The van der Waals surface area contributed by atoms with Crippen molar-refractivity contribution in [1.29, 1.82) is 0 Å². The van der Waals surface area contributed by atoms with Gasteiger partial charge in [-0.15, -0.1) is 0 Å². The minimum atomic E-state index is 0.887. The van der Waals surface area contributed by atoms with Crippen molar-refractivity contribution in [3.8, 4) is 0 Å². The molecule has 0 bridgehead atoms. The van der Waals surface area contributed by atoms with Gasteiger partial charge in [0, 0.05) is 38.3 Å². The molecule has 0 saturated carbocycles. The van der Waals surface area contributed by atoms with E-state index in [4.69, 9.17) is 4.42 Å². The lowest BCUT2D eigenvalue weighted by Crippen LogP contribution is -2.43. The van der Waals surface area contributed by atoms with E-state index in [1.807, 2.05) is 14.0 Å². The third-order valence-corrected chi connectivity index (χ3v) is 3.41. The molecule has 1 N–H and O–H groups in total. The summed E-state index contributed by atoms with van der Waals surface area (Å²) in [4.78, 5) is 4.83. The van der Waals surface area contributed by atoms with E-state index >= 15 is 0 Å². The molecule has 2 heterocycles. The van der Waals surface area contributed by atoms with Gasteiger partial charge in [-0.25, -0.2) is 0 Å². The number of nitrogens with zero attached hydrogens (tertiary/aromatic N) is 2. The van der Waals surface area contributed by atoms with Gasteiger partial charge in [0.05, 0.1) is 6.54 Å². The van der Waals surface area contributed by atoms with Crippen molar-refractivity contribution in [1.82, 2.24) is 15.1 Å². The summed E-state index contributed by atoms with van der Waals surface area (Å²) in [6.45, 7) is 8.46. The number of rotatable bonds is 4. The minimum Gasteiger partial charge on any atom is -0.465 e. The first-order chi connectivity index (χ1) is 8.19. The Balaban J connectivity index is 1.92. The lowest BCUT2D eigenvalue weighted by Gasteiger charge is -2.31. The van der Waals surface area contributed by atoms with Crippen LogP contribution in [0.3, 0.4) is 0 Å². The summed E-state index contributed by atoms with van der Waals surface area (Å²) in [7, 11) is 4.14. The van der Waals surface area contributed by atoms with Crippen molar-refractivity contribution < 1.29 is 4.42 Å². The van der Waals surface area contributed by atoms with Crippen LogP contribution in [0.2, 0.25) is 0 Å². The van der Waals surface area contributed by atoms with Crippen LogP contribution in [-0.4, -0.2) is 50.1 Å². The van der Waals surface area contributed by atoms with Crippen LogP contribution in [-0.2, 0) is 13.1 Å². The summed E-state index contributed by atoms with van der Waals surface area (Å²) in [5, 5.41) is 3.17.